The fourth-order valence-corrected chi connectivity index (χ4v) is 1.74. The van der Waals surface area contributed by atoms with E-state index < -0.39 is 11.9 Å². The Morgan fingerprint density at radius 3 is 2.50 bits per heavy atom. The van der Waals surface area contributed by atoms with Crippen LogP contribution in [0.2, 0.25) is 0 Å². The molecule has 0 saturated heterocycles. The molecule has 2 aromatic rings. The fraction of sp³-hybridized carbons (Fsp3) is 0. The maximum absolute atomic E-state index is 11.2. The zero-order chi connectivity index (χ0) is 14.7. The van der Waals surface area contributed by atoms with Crippen molar-refractivity contribution in [3.63, 3.8) is 0 Å². The first kappa shape index (κ1) is 13.2. The maximum Gasteiger partial charge on any atom is 0.354 e. The molecular weight excluding hydrogens is 260 g/mol. The van der Waals surface area contributed by atoms with E-state index in [1.54, 1.807) is 18.2 Å². The van der Waals surface area contributed by atoms with Gasteiger partial charge in [0.2, 0.25) is 0 Å². The minimum Gasteiger partial charge on any atom is -0.478 e. The summed E-state index contributed by atoms with van der Waals surface area (Å²) in [6.45, 7) is 0. The highest BCUT2D eigenvalue weighted by Crippen LogP contribution is 2.25. The van der Waals surface area contributed by atoms with Crippen molar-refractivity contribution in [1.29, 1.82) is 5.26 Å². The molecular formula is C14H8N2O4. The lowest BCUT2D eigenvalue weighted by Gasteiger charge is -2.07. The van der Waals surface area contributed by atoms with E-state index in [1.807, 2.05) is 6.07 Å². The third kappa shape index (κ3) is 2.47. The van der Waals surface area contributed by atoms with Crippen molar-refractivity contribution >= 4 is 11.9 Å². The quantitative estimate of drug-likeness (QED) is 0.880. The Hall–Kier alpha value is -3.20. The summed E-state index contributed by atoms with van der Waals surface area (Å²) in [6.07, 6.45) is 1.00. The third-order valence-electron chi connectivity index (χ3n) is 2.66. The van der Waals surface area contributed by atoms with Gasteiger partial charge >= 0.3 is 11.9 Å². The topological polar surface area (TPSA) is 111 Å². The number of pyridine rings is 1. The first-order valence-corrected chi connectivity index (χ1v) is 5.50. The number of carboxylic acid groups (broad SMARTS) is 2. The lowest BCUT2D eigenvalue weighted by molar-refractivity contribution is 0.0676. The number of carbonyl (C=O) groups is 2. The van der Waals surface area contributed by atoms with Gasteiger partial charge in [-0.15, -0.1) is 0 Å². The smallest absolute Gasteiger partial charge is 0.354 e. The van der Waals surface area contributed by atoms with Gasteiger partial charge in [-0.1, -0.05) is 12.1 Å². The molecule has 0 atom stereocenters. The lowest BCUT2D eigenvalue weighted by Crippen LogP contribution is -2.06. The SMILES string of the molecule is N#Cc1cccc(-c2cc(C(=O)O)ncc2C(=O)O)c1. The number of hydrogen-bond donors (Lipinski definition) is 2. The molecule has 6 heteroatoms. The van der Waals surface area contributed by atoms with E-state index >= 15 is 0 Å². The van der Waals surface area contributed by atoms with Crippen LogP contribution in [0.4, 0.5) is 0 Å². The van der Waals surface area contributed by atoms with Crippen LogP contribution in [-0.2, 0) is 0 Å². The minimum absolute atomic E-state index is 0.120. The Labute approximate surface area is 113 Å². The van der Waals surface area contributed by atoms with Gasteiger partial charge in [0.25, 0.3) is 0 Å². The van der Waals surface area contributed by atoms with Crippen LogP contribution in [0.25, 0.3) is 11.1 Å². The van der Waals surface area contributed by atoms with Gasteiger partial charge in [-0.3, -0.25) is 0 Å². The number of rotatable bonds is 3. The van der Waals surface area contributed by atoms with Crippen molar-refractivity contribution in [1.82, 2.24) is 4.98 Å². The van der Waals surface area contributed by atoms with Crippen molar-refractivity contribution in [2.75, 3.05) is 0 Å². The average Bonchev–Trinajstić information content (AvgIpc) is 2.46. The van der Waals surface area contributed by atoms with Gasteiger partial charge in [-0.2, -0.15) is 5.26 Å². The van der Waals surface area contributed by atoms with Crippen LogP contribution in [0.3, 0.4) is 0 Å². The Morgan fingerprint density at radius 1 is 1.15 bits per heavy atom. The fourth-order valence-electron chi connectivity index (χ4n) is 1.74. The van der Waals surface area contributed by atoms with Gasteiger partial charge in [-0.05, 0) is 23.8 Å². The number of aromatic carboxylic acids is 2. The molecule has 0 saturated carbocycles. The second-order valence-corrected chi connectivity index (χ2v) is 3.92. The predicted octanol–water partition coefficient (Wildman–Crippen LogP) is 2.02. The van der Waals surface area contributed by atoms with E-state index in [0.717, 1.165) is 6.20 Å². The maximum atomic E-state index is 11.2. The molecule has 0 aliphatic carbocycles. The van der Waals surface area contributed by atoms with E-state index in [1.165, 1.54) is 12.1 Å². The van der Waals surface area contributed by atoms with E-state index in [4.69, 9.17) is 15.5 Å². The molecule has 6 nitrogen and oxygen atoms in total. The molecule has 2 N–H and O–H groups in total. The molecule has 0 aliphatic heterocycles. The number of nitriles is 1. The Bertz CT molecular complexity index is 747. The summed E-state index contributed by atoms with van der Waals surface area (Å²) in [5.41, 5.74) is 0.637. The van der Waals surface area contributed by atoms with Crippen LogP contribution < -0.4 is 0 Å². The largest absolute Gasteiger partial charge is 0.478 e. The molecule has 20 heavy (non-hydrogen) atoms. The molecule has 0 radical (unpaired) electrons. The highest BCUT2D eigenvalue weighted by atomic mass is 16.4. The molecule has 0 unspecified atom stereocenters. The van der Waals surface area contributed by atoms with Crippen molar-refractivity contribution in [3.05, 3.63) is 53.3 Å². The molecule has 0 bridgehead atoms. The molecule has 1 aromatic heterocycles. The average molecular weight is 268 g/mol. The summed E-state index contributed by atoms with van der Waals surface area (Å²) < 4.78 is 0. The second kappa shape index (κ2) is 5.20. The monoisotopic (exact) mass is 268 g/mol. The Morgan fingerprint density at radius 2 is 1.90 bits per heavy atom. The Balaban J connectivity index is 2.69. The van der Waals surface area contributed by atoms with Gasteiger partial charge in [0.15, 0.2) is 0 Å². The van der Waals surface area contributed by atoms with Crippen LogP contribution in [0.1, 0.15) is 26.4 Å². The summed E-state index contributed by atoms with van der Waals surface area (Å²) in [5.74, 6) is -2.47. The predicted molar refractivity (Wildman–Crippen MR) is 68.3 cm³/mol. The van der Waals surface area contributed by atoms with Crippen LogP contribution >= 0.6 is 0 Å². The third-order valence-corrected chi connectivity index (χ3v) is 2.66. The Kier molecular flexibility index (Phi) is 3.44. The molecule has 0 spiro atoms. The normalized spacial score (nSPS) is 9.75. The van der Waals surface area contributed by atoms with E-state index in [2.05, 4.69) is 4.98 Å². The number of benzene rings is 1. The van der Waals surface area contributed by atoms with Crippen molar-refractivity contribution < 1.29 is 19.8 Å². The molecule has 1 aromatic carbocycles. The van der Waals surface area contributed by atoms with Crippen molar-refractivity contribution in [2.45, 2.75) is 0 Å². The highest BCUT2D eigenvalue weighted by Gasteiger charge is 2.16. The standard InChI is InChI=1S/C14H8N2O4/c15-6-8-2-1-3-9(4-8)10-5-12(14(19)20)16-7-11(10)13(17)18/h1-5,7H,(H,17,18)(H,19,20). The molecule has 0 amide bonds. The van der Waals surface area contributed by atoms with Crippen LogP contribution in [0.5, 0.6) is 0 Å². The highest BCUT2D eigenvalue weighted by molar-refractivity contribution is 5.98. The minimum atomic E-state index is -1.25. The summed E-state index contributed by atoms with van der Waals surface area (Å²) in [4.78, 5) is 25.7. The number of hydrogen-bond acceptors (Lipinski definition) is 4. The van der Waals surface area contributed by atoms with E-state index in [0.29, 0.717) is 11.1 Å². The molecule has 2 rings (SSSR count). The van der Waals surface area contributed by atoms with Crippen molar-refractivity contribution in [2.24, 2.45) is 0 Å². The van der Waals surface area contributed by atoms with E-state index in [-0.39, 0.29) is 16.8 Å². The first-order chi connectivity index (χ1) is 9.52. The molecule has 0 fully saturated rings. The summed E-state index contributed by atoms with van der Waals surface area (Å²) in [7, 11) is 0. The van der Waals surface area contributed by atoms with E-state index in [9.17, 15) is 9.59 Å². The zero-order valence-corrected chi connectivity index (χ0v) is 10.1. The van der Waals surface area contributed by atoms with Gasteiger partial charge in [-0.25, -0.2) is 14.6 Å². The number of carboxylic acids is 2. The number of aromatic nitrogens is 1. The van der Waals surface area contributed by atoms with Gasteiger partial charge in [0.1, 0.15) is 5.69 Å². The van der Waals surface area contributed by atoms with Gasteiger partial charge < -0.3 is 10.2 Å². The van der Waals surface area contributed by atoms with Crippen LogP contribution in [0.15, 0.2) is 36.5 Å². The second-order valence-electron chi connectivity index (χ2n) is 3.92. The molecule has 98 valence electrons. The summed E-state index contributed by atoms with van der Waals surface area (Å²) >= 11 is 0. The van der Waals surface area contributed by atoms with Crippen LogP contribution in [0, 0.1) is 11.3 Å². The lowest BCUT2D eigenvalue weighted by atomic mass is 9.99. The van der Waals surface area contributed by atoms with Gasteiger partial charge in [0, 0.05) is 11.8 Å². The summed E-state index contributed by atoms with van der Waals surface area (Å²) in [5, 5.41) is 26.9. The molecule has 1 heterocycles. The molecule has 0 aliphatic rings. The van der Waals surface area contributed by atoms with Crippen LogP contribution in [-0.4, -0.2) is 27.1 Å². The van der Waals surface area contributed by atoms with Crippen molar-refractivity contribution in [3.8, 4) is 17.2 Å². The summed E-state index contributed by atoms with van der Waals surface area (Å²) in [6, 6.07) is 9.40. The number of nitrogens with zero attached hydrogens (tertiary/aromatic N) is 2. The zero-order valence-electron chi connectivity index (χ0n) is 10.1. The first-order valence-electron chi connectivity index (χ1n) is 5.50. The van der Waals surface area contributed by atoms with Gasteiger partial charge in [0.05, 0.1) is 17.2 Å².